The third-order valence-electron chi connectivity index (χ3n) is 4.65. The molecule has 2 aromatic rings. The molecule has 4 rings (SSSR count). The van der Waals surface area contributed by atoms with E-state index in [1.807, 2.05) is 24.3 Å². The van der Waals surface area contributed by atoms with Crippen LogP contribution in [0, 0.1) is 0 Å². The molecule has 2 aliphatic rings. The predicted octanol–water partition coefficient (Wildman–Crippen LogP) is 2.46. The van der Waals surface area contributed by atoms with Gasteiger partial charge in [-0.25, -0.2) is 4.79 Å². The number of carbonyl (C=O) groups is 2. The molecule has 0 saturated carbocycles. The minimum Gasteiger partial charge on any atom is -0.480 e. The van der Waals surface area contributed by atoms with Crippen molar-refractivity contribution in [1.82, 2.24) is 5.32 Å². The third kappa shape index (κ3) is 2.92. The molecule has 1 saturated heterocycles. The van der Waals surface area contributed by atoms with Crippen LogP contribution in [0.3, 0.4) is 0 Å². The number of esters is 1. The number of ether oxygens (including phenoxy) is 1. The summed E-state index contributed by atoms with van der Waals surface area (Å²) in [6.07, 6.45) is 0. The molecular weight excluding hydrogens is 338 g/mol. The maximum Gasteiger partial charge on any atom is 0.333 e. The largest absolute Gasteiger partial charge is 0.480 e. The van der Waals surface area contributed by atoms with Gasteiger partial charge in [0.2, 0.25) is 0 Å². The first-order valence-corrected chi connectivity index (χ1v) is 9.15. The molecule has 1 unspecified atom stereocenters. The Morgan fingerprint density at radius 3 is 2.24 bits per heavy atom. The van der Waals surface area contributed by atoms with E-state index in [9.17, 15) is 9.59 Å². The lowest BCUT2D eigenvalue weighted by Gasteiger charge is -2.16. The van der Waals surface area contributed by atoms with E-state index < -0.39 is 23.4 Å². The number of hydrogen-bond acceptors (Lipinski definition) is 5. The Morgan fingerprint density at radius 1 is 1.08 bits per heavy atom. The normalized spacial score (nSPS) is 21.6. The molecule has 1 aliphatic heterocycles. The summed E-state index contributed by atoms with van der Waals surface area (Å²) in [5, 5.41) is 11.2. The van der Waals surface area contributed by atoms with E-state index in [0.29, 0.717) is 5.75 Å². The number of rotatable bonds is 4. The predicted molar refractivity (Wildman–Crippen MR) is 95.5 cm³/mol. The van der Waals surface area contributed by atoms with Gasteiger partial charge in [0.15, 0.2) is 5.37 Å². The smallest absolute Gasteiger partial charge is 0.333 e. The number of aliphatic carboxylic acids is 1. The fourth-order valence-electron chi connectivity index (χ4n) is 3.43. The molecule has 0 radical (unpaired) electrons. The molecule has 0 spiro atoms. The topological polar surface area (TPSA) is 75.6 Å². The average molecular weight is 355 g/mol. The molecule has 2 aromatic carbocycles. The monoisotopic (exact) mass is 355 g/mol. The van der Waals surface area contributed by atoms with Crippen LogP contribution in [-0.2, 0) is 14.3 Å². The summed E-state index contributed by atoms with van der Waals surface area (Å²) >= 11 is 1.27. The molecule has 25 heavy (non-hydrogen) atoms. The van der Waals surface area contributed by atoms with Crippen LogP contribution in [0.5, 0.6) is 0 Å². The van der Waals surface area contributed by atoms with Crippen molar-refractivity contribution in [1.29, 1.82) is 0 Å². The summed E-state index contributed by atoms with van der Waals surface area (Å²) in [4.78, 5) is 23.3. The standard InChI is InChI=1S/C19H17NO4S/c21-18(22)16-10-25-17(20-16)19(23)24-9-15-13-7-3-1-5-11(13)12-6-2-4-8-14(12)15/h1-8,15-17,20H,9-10H2,(H,21,22)/t16?,17-/m0/s1. The quantitative estimate of drug-likeness (QED) is 0.821. The van der Waals surface area contributed by atoms with Gasteiger partial charge in [0, 0.05) is 11.7 Å². The lowest BCUT2D eigenvalue weighted by Crippen LogP contribution is -2.40. The van der Waals surface area contributed by atoms with Crippen molar-refractivity contribution in [2.45, 2.75) is 17.3 Å². The van der Waals surface area contributed by atoms with Crippen molar-refractivity contribution in [3.8, 4) is 11.1 Å². The van der Waals surface area contributed by atoms with E-state index in [1.54, 1.807) is 0 Å². The molecule has 0 bridgehead atoms. The van der Waals surface area contributed by atoms with Crippen LogP contribution in [0.2, 0.25) is 0 Å². The summed E-state index contributed by atoms with van der Waals surface area (Å²) in [6, 6.07) is 15.6. The van der Waals surface area contributed by atoms with Gasteiger partial charge in [0.1, 0.15) is 12.6 Å². The Morgan fingerprint density at radius 2 is 1.68 bits per heavy atom. The maximum absolute atomic E-state index is 12.3. The number of carbonyl (C=O) groups excluding carboxylic acids is 1. The van der Waals surface area contributed by atoms with Gasteiger partial charge in [-0.05, 0) is 22.3 Å². The highest BCUT2D eigenvalue weighted by Gasteiger charge is 2.36. The van der Waals surface area contributed by atoms with Gasteiger partial charge in [-0.15, -0.1) is 11.8 Å². The minimum atomic E-state index is -0.943. The van der Waals surface area contributed by atoms with Crippen LogP contribution >= 0.6 is 11.8 Å². The van der Waals surface area contributed by atoms with E-state index in [-0.39, 0.29) is 12.5 Å². The van der Waals surface area contributed by atoms with Crippen LogP contribution < -0.4 is 5.32 Å². The van der Waals surface area contributed by atoms with Gasteiger partial charge < -0.3 is 9.84 Å². The second kappa shape index (κ2) is 6.54. The number of fused-ring (bicyclic) bond motifs is 3. The zero-order valence-corrected chi connectivity index (χ0v) is 14.2. The summed E-state index contributed by atoms with van der Waals surface area (Å²) in [5.74, 6) is -0.973. The van der Waals surface area contributed by atoms with Crippen LogP contribution in [-0.4, -0.2) is 40.8 Å². The number of hydrogen-bond donors (Lipinski definition) is 2. The minimum absolute atomic E-state index is 0.0121. The van der Waals surface area contributed by atoms with Crippen molar-refractivity contribution in [2.75, 3.05) is 12.4 Å². The average Bonchev–Trinajstić information content (AvgIpc) is 3.24. The Labute approximate surface area is 149 Å². The van der Waals surface area contributed by atoms with Gasteiger partial charge in [-0.2, -0.15) is 0 Å². The number of carboxylic acids is 1. The van der Waals surface area contributed by atoms with Gasteiger partial charge in [-0.3, -0.25) is 10.1 Å². The van der Waals surface area contributed by atoms with E-state index in [2.05, 4.69) is 29.6 Å². The van der Waals surface area contributed by atoms with Crippen molar-refractivity contribution in [3.63, 3.8) is 0 Å². The van der Waals surface area contributed by atoms with Crippen molar-refractivity contribution in [2.24, 2.45) is 0 Å². The fraction of sp³-hybridized carbons (Fsp3) is 0.263. The Kier molecular flexibility index (Phi) is 4.23. The van der Waals surface area contributed by atoms with Crippen molar-refractivity contribution >= 4 is 23.7 Å². The second-order valence-electron chi connectivity index (χ2n) is 6.13. The first kappa shape index (κ1) is 16.2. The summed E-state index contributed by atoms with van der Waals surface area (Å²) in [7, 11) is 0. The molecule has 6 heteroatoms. The Bertz CT molecular complexity index is 792. The fourth-order valence-corrected chi connectivity index (χ4v) is 4.52. The summed E-state index contributed by atoms with van der Waals surface area (Å²) in [6.45, 7) is 0.253. The van der Waals surface area contributed by atoms with Crippen LogP contribution in [0.4, 0.5) is 0 Å². The molecule has 5 nitrogen and oxygen atoms in total. The van der Waals surface area contributed by atoms with Gasteiger partial charge in [0.25, 0.3) is 0 Å². The van der Waals surface area contributed by atoms with Crippen LogP contribution in [0.15, 0.2) is 48.5 Å². The van der Waals surface area contributed by atoms with Crippen LogP contribution in [0.1, 0.15) is 17.0 Å². The SMILES string of the molecule is O=C(O)C1CS[C@@H](C(=O)OCC2c3ccccc3-c3ccccc32)N1. The van der Waals surface area contributed by atoms with E-state index in [4.69, 9.17) is 9.84 Å². The van der Waals surface area contributed by atoms with Gasteiger partial charge in [-0.1, -0.05) is 48.5 Å². The zero-order chi connectivity index (χ0) is 17.4. The Balaban J connectivity index is 1.48. The van der Waals surface area contributed by atoms with Crippen molar-refractivity contribution in [3.05, 3.63) is 59.7 Å². The summed E-state index contributed by atoms with van der Waals surface area (Å²) in [5.41, 5.74) is 4.68. The molecular formula is C19H17NO4S. The zero-order valence-electron chi connectivity index (χ0n) is 13.3. The molecule has 0 amide bonds. The van der Waals surface area contributed by atoms with E-state index >= 15 is 0 Å². The van der Waals surface area contributed by atoms with Gasteiger partial charge in [0.05, 0.1) is 0 Å². The molecule has 1 heterocycles. The molecule has 2 atom stereocenters. The molecule has 2 N–H and O–H groups in total. The first-order chi connectivity index (χ1) is 12.1. The highest BCUT2D eigenvalue weighted by atomic mass is 32.2. The van der Waals surface area contributed by atoms with E-state index in [1.165, 1.54) is 22.9 Å². The van der Waals surface area contributed by atoms with Crippen molar-refractivity contribution < 1.29 is 19.4 Å². The van der Waals surface area contributed by atoms with E-state index in [0.717, 1.165) is 11.1 Å². The Hall–Kier alpha value is -2.31. The van der Waals surface area contributed by atoms with Crippen LogP contribution in [0.25, 0.3) is 11.1 Å². The molecule has 128 valence electrons. The number of carboxylic acid groups (broad SMARTS) is 1. The second-order valence-corrected chi connectivity index (χ2v) is 7.27. The maximum atomic E-state index is 12.3. The molecule has 1 aliphatic carbocycles. The van der Waals surface area contributed by atoms with Gasteiger partial charge >= 0.3 is 11.9 Å². The first-order valence-electron chi connectivity index (χ1n) is 8.10. The number of nitrogens with one attached hydrogen (secondary N) is 1. The lowest BCUT2D eigenvalue weighted by atomic mass is 9.98. The number of thioether (sulfide) groups is 1. The molecule has 0 aromatic heterocycles. The number of benzene rings is 2. The highest BCUT2D eigenvalue weighted by molar-refractivity contribution is 8.00. The lowest BCUT2D eigenvalue weighted by molar-refractivity contribution is -0.144. The highest BCUT2D eigenvalue weighted by Crippen LogP contribution is 2.44. The summed E-state index contributed by atoms with van der Waals surface area (Å²) < 4.78 is 5.54. The molecule has 1 fully saturated rings. The third-order valence-corrected chi connectivity index (χ3v) is 5.84.